The molecule has 0 aliphatic heterocycles. The summed E-state index contributed by atoms with van der Waals surface area (Å²) in [4.78, 5) is 24.1. The van der Waals surface area contributed by atoms with Gasteiger partial charge in [0.05, 0.1) is 5.69 Å². The van der Waals surface area contributed by atoms with Crippen molar-refractivity contribution in [2.45, 2.75) is 6.92 Å². The van der Waals surface area contributed by atoms with Crippen molar-refractivity contribution in [2.24, 2.45) is 0 Å². The van der Waals surface area contributed by atoms with Crippen LogP contribution in [0.25, 0.3) is 11.3 Å². The van der Waals surface area contributed by atoms with Crippen molar-refractivity contribution in [2.75, 3.05) is 5.32 Å². The molecule has 104 valence electrons. The number of hydrogen-bond acceptors (Lipinski definition) is 5. The summed E-state index contributed by atoms with van der Waals surface area (Å²) in [5, 5.41) is 5.14. The van der Waals surface area contributed by atoms with Crippen molar-refractivity contribution < 1.29 is 4.79 Å². The molecule has 3 rings (SSSR count). The fourth-order valence-corrected chi connectivity index (χ4v) is 2.47. The molecule has 0 bridgehead atoms. The Hall–Kier alpha value is -2.60. The summed E-state index contributed by atoms with van der Waals surface area (Å²) in [5.74, 6) is -0.231. The van der Waals surface area contributed by atoms with E-state index in [-0.39, 0.29) is 11.7 Å². The van der Waals surface area contributed by atoms with E-state index in [4.69, 9.17) is 0 Å². The average molecular weight is 296 g/mol. The SMILES string of the molecule is Cc1ccc(-c2csc(NC(=O)c3ncccn3)n2)cc1. The molecule has 1 aromatic carbocycles. The lowest BCUT2D eigenvalue weighted by Crippen LogP contribution is -2.14. The van der Waals surface area contributed by atoms with Crippen LogP contribution in [0.4, 0.5) is 5.13 Å². The molecule has 0 spiro atoms. The van der Waals surface area contributed by atoms with Crippen LogP contribution in [0.5, 0.6) is 0 Å². The van der Waals surface area contributed by atoms with Gasteiger partial charge in [-0.3, -0.25) is 10.1 Å². The number of hydrogen-bond donors (Lipinski definition) is 1. The lowest BCUT2D eigenvalue weighted by atomic mass is 10.1. The summed E-state index contributed by atoms with van der Waals surface area (Å²) >= 11 is 1.37. The summed E-state index contributed by atoms with van der Waals surface area (Å²) in [7, 11) is 0. The van der Waals surface area contributed by atoms with Gasteiger partial charge in [0.25, 0.3) is 5.91 Å². The Balaban J connectivity index is 1.76. The summed E-state index contributed by atoms with van der Waals surface area (Å²) in [6.45, 7) is 2.04. The Kier molecular flexibility index (Phi) is 3.70. The predicted molar refractivity (Wildman–Crippen MR) is 82.3 cm³/mol. The first kappa shape index (κ1) is 13.4. The number of carbonyl (C=O) groups excluding carboxylic acids is 1. The maximum absolute atomic E-state index is 11.9. The van der Waals surface area contributed by atoms with E-state index >= 15 is 0 Å². The fourth-order valence-electron chi connectivity index (χ4n) is 1.76. The van der Waals surface area contributed by atoms with Crippen molar-refractivity contribution >= 4 is 22.4 Å². The number of anilines is 1. The van der Waals surface area contributed by atoms with Crippen LogP contribution in [0.3, 0.4) is 0 Å². The maximum atomic E-state index is 11.9. The maximum Gasteiger partial charge on any atom is 0.295 e. The first-order valence-electron chi connectivity index (χ1n) is 6.33. The van der Waals surface area contributed by atoms with E-state index < -0.39 is 0 Å². The second-order valence-electron chi connectivity index (χ2n) is 4.43. The van der Waals surface area contributed by atoms with Crippen LogP contribution in [0, 0.1) is 6.92 Å². The van der Waals surface area contributed by atoms with Crippen LogP contribution in [0.15, 0.2) is 48.1 Å². The highest BCUT2D eigenvalue weighted by molar-refractivity contribution is 7.14. The summed E-state index contributed by atoms with van der Waals surface area (Å²) in [6.07, 6.45) is 3.06. The van der Waals surface area contributed by atoms with Gasteiger partial charge in [0.15, 0.2) is 5.13 Å². The molecular weight excluding hydrogens is 284 g/mol. The van der Waals surface area contributed by atoms with E-state index in [0.29, 0.717) is 5.13 Å². The standard InChI is InChI=1S/C15H12N4OS/c1-10-3-5-11(6-4-10)12-9-21-15(18-12)19-14(20)13-16-7-2-8-17-13/h2-9H,1H3,(H,18,19,20). The highest BCUT2D eigenvalue weighted by Crippen LogP contribution is 2.25. The molecule has 1 N–H and O–H groups in total. The number of rotatable bonds is 3. The molecule has 0 saturated carbocycles. The van der Waals surface area contributed by atoms with Crippen LogP contribution >= 0.6 is 11.3 Å². The molecule has 0 unspecified atom stereocenters. The minimum Gasteiger partial charge on any atom is -0.295 e. The number of thiazole rings is 1. The number of benzene rings is 1. The third kappa shape index (κ3) is 3.11. The highest BCUT2D eigenvalue weighted by Gasteiger charge is 2.11. The summed E-state index contributed by atoms with van der Waals surface area (Å²) < 4.78 is 0. The zero-order valence-corrected chi connectivity index (χ0v) is 12.1. The molecule has 0 fully saturated rings. The minimum atomic E-state index is -0.361. The van der Waals surface area contributed by atoms with Crippen molar-refractivity contribution in [3.63, 3.8) is 0 Å². The number of aryl methyl sites for hydroxylation is 1. The molecule has 0 radical (unpaired) electrons. The monoisotopic (exact) mass is 296 g/mol. The van der Waals surface area contributed by atoms with E-state index in [1.807, 2.05) is 36.6 Å². The molecule has 0 atom stereocenters. The molecule has 21 heavy (non-hydrogen) atoms. The van der Waals surface area contributed by atoms with Gasteiger partial charge in [0.2, 0.25) is 5.82 Å². The second-order valence-corrected chi connectivity index (χ2v) is 5.29. The van der Waals surface area contributed by atoms with Gasteiger partial charge in [0, 0.05) is 23.3 Å². The van der Waals surface area contributed by atoms with Crippen LogP contribution in [-0.2, 0) is 0 Å². The quantitative estimate of drug-likeness (QED) is 0.806. The number of amides is 1. The molecule has 1 amide bonds. The van der Waals surface area contributed by atoms with Crippen LogP contribution in [0.1, 0.15) is 16.2 Å². The number of aromatic nitrogens is 3. The zero-order valence-electron chi connectivity index (χ0n) is 11.3. The van der Waals surface area contributed by atoms with Gasteiger partial charge in [-0.1, -0.05) is 29.8 Å². The van der Waals surface area contributed by atoms with Gasteiger partial charge in [-0.2, -0.15) is 0 Å². The van der Waals surface area contributed by atoms with Crippen LogP contribution < -0.4 is 5.32 Å². The molecule has 6 heteroatoms. The van der Waals surface area contributed by atoms with Gasteiger partial charge in [-0.05, 0) is 13.0 Å². The van der Waals surface area contributed by atoms with E-state index in [1.165, 1.54) is 29.3 Å². The normalized spacial score (nSPS) is 10.3. The average Bonchev–Trinajstić information content (AvgIpc) is 2.97. The number of nitrogens with one attached hydrogen (secondary N) is 1. The molecule has 0 aliphatic rings. The lowest BCUT2D eigenvalue weighted by Gasteiger charge is -1.99. The van der Waals surface area contributed by atoms with E-state index in [0.717, 1.165) is 11.3 Å². The Labute approximate surface area is 125 Å². The number of nitrogens with zero attached hydrogens (tertiary/aromatic N) is 3. The molecular formula is C15H12N4OS. The van der Waals surface area contributed by atoms with Gasteiger partial charge in [0.1, 0.15) is 0 Å². The first-order valence-corrected chi connectivity index (χ1v) is 7.21. The van der Waals surface area contributed by atoms with Crippen molar-refractivity contribution in [1.82, 2.24) is 15.0 Å². The topological polar surface area (TPSA) is 67.8 Å². The minimum absolute atomic E-state index is 0.129. The first-order chi connectivity index (χ1) is 10.2. The molecule has 2 heterocycles. The van der Waals surface area contributed by atoms with E-state index in [1.54, 1.807) is 6.07 Å². The van der Waals surface area contributed by atoms with Gasteiger partial charge in [-0.15, -0.1) is 11.3 Å². The third-order valence-electron chi connectivity index (χ3n) is 2.84. The lowest BCUT2D eigenvalue weighted by molar-refractivity contribution is 0.101. The highest BCUT2D eigenvalue weighted by atomic mass is 32.1. The van der Waals surface area contributed by atoms with Gasteiger partial charge in [-0.25, -0.2) is 15.0 Å². The second kappa shape index (κ2) is 5.80. The Morgan fingerprint density at radius 2 is 1.86 bits per heavy atom. The smallest absolute Gasteiger partial charge is 0.295 e. The molecule has 0 aliphatic carbocycles. The van der Waals surface area contributed by atoms with Gasteiger partial charge >= 0.3 is 0 Å². The van der Waals surface area contributed by atoms with Crippen LogP contribution in [-0.4, -0.2) is 20.9 Å². The summed E-state index contributed by atoms with van der Waals surface area (Å²) in [5.41, 5.74) is 3.06. The number of carbonyl (C=O) groups is 1. The fraction of sp³-hybridized carbons (Fsp3) is 0.0667. The van der Waals surface area contributed by atoms with Gasteiger partial charge < -0.3 is 0 Å². The van der Waals surface area contributed by atoms with Crippen molar-refractivity contribution in [3.8, 4) is 11.3 Å². The Bertz CT molecular complexity index is 753. The largest absolute Gasteiger partial charge is 0.295 e. The summed E-state index contributed by atoms with van der Waals surface area (Å²) in [6, 6.07) is 9.75. The zero-order chi connectivity index (χ0) is 14.7. The molecule has 5 nitrogen and oxygen atoms in total. The Morgan fingerprint density at radius 3 is 2.57 bits per heavy atom. The molecule has 2 aromatic heterocycles. The van der Waals surface area contributed by atoms with Crippen LogP contribution in [0.2, 0.25) is 0 Å². The van der Waals surface area contributed by atoms with Crippen molar-refractivity contribution in [3.05, 3.63) is 59.5 Å². The molecule has 3 aromatic rings. The third-order valence-corrected chi connectivity index (χ3v) is 3.60. The predicted octanol–water partition coefficient (Wildman–Crippen LogP) is 3.16. The van der Waals surface area contributed by atoms with E-state index in [9.17, 15) is 4.79 Å². The van der Waals surface area contributed by atoms with Crippen molar-refractivity contribution in [1.29, 1.82) is 0 Å². The molecule has 0 saturated heterocycles. The Morgan fingerprint density at radius 1 is 1.14 bits per heavy atom. The van der Waals surface area contributed by atoms with E-state index in [2.05, 4.69) is 20.3 Å².